The number of aromatic nitrogens is 1. The van der Waals surface area contributed by atoms with Crippen molar-refractivity contribution in [2.45, 2.75) is 10.8 Å². The van der Waals surface area contributed by atoms with Gasteiger partial charge < -0.3 is 9.47 Å². The SMILES string of the molecule is c1ccc(-c2ccc(N(c3ccc4c(c3)C3(c5ccccc5-4)c4ccccc4-c4c3ccc3ccccc43)c3ccc4c(c3)C3(c5ccccc5-4)c4ccccc4-n4c5ccccc5c5cccc3c54)cc2)cc1. The third-order valence-electron chi connectivity index (χ3n) is 17.4. The maximum absolute atomic E-state index is 2.54. The molecular formula is C72H44N2. The van der Waals surface area contributed by atoms with Gasteiger partial charge >= 0.3 is 0 Å². The van der Waals surface area contributed by atoms with Gasteiger partial charge in [-0.25, -0.2) is 0 Å². The minimum Gasteiger partial charge on any atom is -0.310 e. The Labute approximate surface area is 429 Å². The molecule has 1 aliphatic heterocycles. The second-order valence-corrected chi connectivity index (χ2v) is 20.6. The first-order chi connectivity index (χ1) is 36.7. The van der Waals surface area contributed by atoms with Gasteiger partial charge in [0.2, 0.25) is 0 Å². The molecule has 0 saturated heterocycles. The Hall–Kier alpha value is -9.50. The van der Waals surface area contributed by atoms with E-state index in [1.165, 1.54) is 127 Å². The first-order valence-electron chi connectivity index (χ1n) is 25.9. The van der Waals surface area contributed by atoms with E-state index >= 15 is 0 Å². The predicted molar refractivity (Wildman–Crippen MR) is 306 cm³/mol. The highest BCUT2D eigenvalue weighted by Gasteiger charge is 2.53. The minimum absolute atomic E-state index is 0.521. The molecular weight excluding hydrogens is 893 g/mol. The summed E-state index contributed by atoms with van der Waals surface area (Å²) in [6.07, 6.45) is 0. The number of hydrogen-bond donors (Lipinski definition) is 0. The summed E-state index contributed by atoms with van der Waals surface area (Å²) < 4.78 is 2.53. The van der Waals surface area contributed by atoms with E-state index in [1.54, 1.807) is 0 Å². The van der Waals surface area contributed by atoms with Gasteiger partial charge in [-0.1, -0.05) is 218 Å². The molecule has 12 aromatic carbocycles. The van der Waals surface area contributed by atoms with Crippen LogP contribution in [0.15, 0.2) is 267 Å². The lowest BCUT2D eigenvalue weighted by Crippen LogP contribution is -2.33. The third kappa shape index (κ3) is 4.91. The average molecular weight is 937 g/mol. The Morgan fingerprint density at radius 3 is 1.50 bits per heavy atom. The van der Waals surface area contributed by atoms with Crippen LogP contribution in [-0.2, 0) is 10.8 Å². The second-order valence-electron chi connectivity index (χ2n) is 20.6. The van der Waals surface area contributed by atoms with Gasteiger partial charge in [0.1, 0.15) is 0 Å². The van der Waals surface area contributed by atoms with E-state index in [0.717, 1.165) is 17.1 Å². The Bertz CT molecular complexity index is 4560. The van der Waals surface area contributed by atoms with Crippen LogP contribution in [0, 0.1) is 0 Å². The van der Waals surface area contributed by atoms with Gasteiger partial charge in [0.25, 0.3) is 0 Å². The van der Waals surface area contributed by atoms with Crippen molar-refractivity contribution < 1.29 is 0 Å². The standard InChI is InChI=1S/C72H44N2/c1-2-17-45(18-3-1)46-33-36-48(37-34-46)73(49-38-40-54-52-21-6-10-26-59(52)71(65(54)43-49)61-28-12-8-24-58(61)69-51-20-5-4-19-47(51)35-42-63(69)71)50-39-41-55-53-22-7-11-27-60(53)72(66(55)44-50)62-29-13-15-32-68(62)74-67-31-14-9-23-56(67)57-25-16-30-64(72)70(57)74/h1-44H. The largest absolute Gasteiger partial charge is 0.310 e. The van der Waals surface area contributed by atoms with Crippen LogP contribution in [0.5, 0.6) is 0 Å². The van der Waals surface area contributed by atoms with Crippen molar-refractivity contribution in [3.05, 3.63) is 311 Å². The van der Waals surface area contributed by atoms with Crippen molar-refractivity contribution in [1.82, 2.24) is 4.57 Å². The second kappa shape index (κ2) is 14.6. The molecule has 2 nitrogen and oxygen atoms in total. The molecule has 0 saturated carbocycles. The summed E-state index contributed by atoms with van der Waals surface area (Å²) in [5.41, 5.74) is 26.7. The number of para-hydroxylation sites is 3. The Morgan fingerprint density at radius 2 is 0.784 bits per heavy atom. The fourth-order valence-corrected chi connectivity index (χ4v) is 14.6. The highest BCUT2D eigenvalue weighted by Crippen LogP contribution is 2.65. The molecule has 1 aromatic heterocycles. The van der Waals surface area contributed by atoms with Crippen molar-refractivity contribution in [3.63, 3.8) is 0 Å². The molecule has 13 aromatic rings. The molecule has 0 fully saturated rings. The summed E-state index contributed by atoms with van der Waals surface area (Å²) in [6, 6.07) is 101. The summed E-state index contributed by atoms with van der Waals surface area (Å²) in [6.45, 7) is 0. The van der Waals surface area contributed by atoms with Gasteiger partial charge in [-0.05, 0) is 148 Å². The number of nitrogens with zero attached hydrogens (tertiary/aromatic N) is 2. The van der Waals surface area contributed by atoms with Gasteiger partial charge in [-0.15, -0.1) is 0 Å². The van der Waals surface area contributed by atoms with E-state index in [-0.39, 0.29) is 0 Å². The smallest absolute Gasteiger partial charge is 0.0755 e. The molecule has 342 valence electrons. The van der Waals surface area contributed by atoms with Crippen LogP contribution in [0.1, 0.15) is 44.5 Å². The Balaban J connectivity index is 0.946. The topological polar surface area (TPSA) is 8.17 Å². The molecule has 2 heterocycles. The number of anilines is 3. The average Bonchev–Trinajstić information content (AvgIpc) is 4.25. The summed E-state index contributed by atoms with van der Waals surface area (Å²) in [5.74, 6) is 0. The van der Waals surface area contributed by atoms with E-state index in [4.69, 9.17) is 0 Å². The molecule has 17 rings (SSSR count). The van der Waals surface area contributed by atoms with Gasteiger partial charge in [0.05, 0.1) is 27.6 Å². The summed E-state index contributed by atoms with van der Waals surface area (Å²) in [5, 5.41) is 5.12. The lowest BCUT2D eigenvalue weighted by Gasteiger charge is -2.40. The zero-order chi connectivity index (χ0) is 48.3. The van der Waals surface area contributed by atoms with E-state index in [2.05, 4.69) is 276 Å². The Kier molecular flexibility index (Phi) is 7.90. The quantitative estimate of drug-likeness (QED) is 0.171. The van der Waals surface area contributed by atoms with Crippen LogP contribution < -0.4 is 4.90 Å². The van der Waals surface area contributed by atoms with Crippen molar-refractivity contribution in [3.8, 4) is 50.2 Å². The molecule has 2 spiro atoms. The zero-order valence-electron chi connectivity index (χ0n) is 40.3. The summed E-state index contributed by atoms with van der Waals surface area (Å²) in [4.78, 5) is 2.52. The molecule has 74 heavy (non-hydrogen) atoms. The Morgan fingerprint density at radius 1 is 0.284 bits per heavy atom. The van der Waals surface area contributed by atoms with Crippen molar-refractivity contribution >= 4 is 49.6 Å². The first-order valence-corrected chi connectivity index (χ1v) is 25.9. The van der Waals surface area contributed by atoms with Crippen molar-refractivity contribution in [1.29, 1.82) is 0 Å². The van der Waals surface area contributed by atoms with Gasteiger partial charge in [0, 0.05) is 27.8 Å². The normalized spacial score (nSPS) is 16.8. The predicted octanol–water partition coefficient (Wildman–Crippen LogP) is 18.1. The summed E-state index contributed by atoms with van der Waals surface area (Å²) in [7, 11) is 0. The highest BCUT2D eigenvalue weighted by atomic mass is 15.1. The first kappa shape index (κ1) is 40.1. The lowest BCUT2D eigenvalue weighted by atomic mass is 9.65. The van der Waals surface area contributed by atoms with Gasteiger partial charge in [-0.3, -0.25) is 0 Å². The zero-order valence-corrected chi connectivity index (χ0v) is 40.3. The highest BCUT2D eigenvalue weighted by molar-refractivity contribution is 6.13. The number of fused-ring (bicyclic) bond motifs is 24. The minimum atomic E-state index is -0.588. The molecule has 2 heteroatoms. The van der Waals surface area contributed by atoms with Crippen LogP contribution in [0.4, 0.5) is 17.1 Å². The fourth-order valence-electron chi connectivity index (χ4n) is 14.6. The number of rotatable bonds is 4. The fraction of sp³-hybridized carbons (Fsp3) is 0.0278. The van der Waals surface area contributed by atoms with Crippen LogP contribution in [0.3, 0.4) is 0 Å². The van der Waals surface area contributed by atoms with Crippen LogP contribution in [0.2, 0.25) is 0 Å². The maximum Gasteiger partial charge on any atom is 0.0755 e. The molecule has 0 N–H and O–H groups in total. The number of hydrogen-bond acceptors (Lipinski definition) is 1. The van der Waals surface area contributed by atoms with Crippen molar-refractivity contribution in [2.75, 3.05) is 4.90 Å². The van der Waals surface area contributed by atoms with Crippen LogP contribution in [0.25, 0.3) is 82.8 Å². The lowest BCUT2D eigenvalue weighted by molar-refractivity contribution is 0.748. The van der Waals surface area contributed by atoms with E-state index < -0.39 is 10.8 Å². The number of benzene rings is 12. The van der Waals surface area contributed by atoms with E-state index in [9.17, 15) is 0 Å². The van der Waals surface area contributed by atoms with Crippen molar-refractivity contribution in [2.24, 2.45) is 0 Å². The van der Waals surface area contributed by atoms with E-state index in [1.807, 2.05) is 0 Å². The molecule has 2 atom stereocenters. The van der Waals surface area contributed by atoms with Gasteiger partial charge in [-0.2, -0.15) is 0 Å². The third-order valence-corrected chi connectivity index (χ3v) is 17.4. The molecule has 0 amide bonds. The molecule has 2 unspecified atom stereocenters. The molecule has 3 aliphatic carbocycles. The van der Waals surface area contributed by atoms with E-state index in [0.29, 0.717) is 0 Å². The molecule has 0 bridgehead atoms. The molecule has 4 aliphatic rings. The summed E-state index contributed by atoms with van der Waals surface area (Å²) >= 11 is 0. The molecule has 0 radical (unpaired) electrons. The van der Waals surface area contributed by atoms with Crippen LogP contribution >= 0.6 is 0 Å². The van der Waals surface area contributed by atoms with Crippen LogP contribution in [-0.4, -0.2) is 4.57 Å². The van der Waals surface area contributed by atoms with Gasteiger partial charge in [0.15, 0.2) is 0 Å². The maximum atomic E-state index is 2.54. The monoisotopic (exact) mass is 936 g/mol.